The Balaban J connectivity index is 1.88. The molecule has 0 radical (unpaired) electrons. The first-order chi connectivity index (χ1) is 10.8. The van der Waals surface area contributed by atoms with Crippen molar-refractivity contribution in [2.24, 2.45) is 0 Å². The number of methoxy groups -OCH3 is 1. The van der Waals surface area contributed by atoms with Crippen LogP contribution in [0, 0.1) is 0 Å². The summed E-state index contributed by atoms with van der Waals surface area (Å²) in [4.78, 5) is 9.07. The summed E-state index contributed by atoms with van der Waals surface area (Å²) in [6, 6.07) is 15.8. The van der Waals surface area contributed by atoms with Crippen LogP contribution in [0.4, 0.5) is 11.8 Å². The molecule has 0 unspecified atom stereocenters. The molecule has 0 aliphatic heterocycles. The van der Waals surface area contributed by atoms with E-state index >= 15 is 0 Å². The van der Waals surface area contributed by atoms with Gasteiger partial charge in [0.2, 0.25) is 5.95 Å². The molecule has 0 saturated carbocycles. The largest absolute Gasteiger partial charge is 0.496 e. The van der Waals surface area contributed by atoms with Crippen molar-refractivity contribution in [3.05, 3.63) is 54.1 Å². The summed E-state index contributed by atoms with van der Waals surface area (Å²) in [5.74, 6) is 2.26. The molecule has 1 heterocycles. The van der Waals surface area contributed by atoms with Gasteiger partial charge < -0.3 is 15.4 Å². The van der Waals surface area contributed by atoms with Gasteiger partial charge in [-0.1, -0.05) is 30.3 Å². The minimum absolute atomic E-state index is 0.592. The standard InChI is InChI=1S/C17H18N4O/c1-18-16-13-8-4-5-9-14(13)20-17(21-16)19-11-12-7-3-6-10-15(12)22-2/h3-10H,11H2,1-2H3,(H2,18,19,20,21). The van der Waals surface area contributed by atoms with Crippen LogP contribution in [0.1, 0.15) is 5.56 Å². The van der Waals surface area contributed by atoms with Gasteiger partial charge in [-0.15, -0.1) is 0 Å². The van der Waals surface area contributed by atoms with E-state index in [0.717, 1.165) is 28.0 Å². The fourth-order valence-electron chi connectivity index (χ4n) is 2.37. The molecule has 5 nitrogen and oxygen atoms in total. The first kappa shape index (κ1) is 14.1. The molecule has 2 N–H and O–H groups in total. The van der Waals surface area contributed by atoms with Crippen molar-refractivity contribution >= 4 is 22.7 Å². The Kier molecular flexibility index (Phi) is 4.05. The van der Waals surface area contributed by atoms with Crippen molar-refractivity contribution in [1.82, 2.24) is 9.97 Å². The van der Waals surface area contributed by atoms with Gasteiger partial charge in [-0.3, -0.25) is 0 Å². The number of hydrogen-bond donors (Lipinski definition) is 2. The van der Waals surface area contributed by atoms with E-state index < -0.39 is 0 Å². The van der Waals surface area contributed by atoms with E-state index in [2.05, 4.69) is 20.6 Å². The summed E-state index contributed by atoms with van der Waals surface area (Å²) in [6.07, 6.45) is 0. The molecule has 3 rings (SSSR count). The van der Waals surface area contributed by atoms with E-state index in [4.69, 9.17) is 4.74 Å². The van der Waals surface area contributed by atoms with Crippen LogP contribution in [0.3, 0.4) is 0 Å². The van der Waals surface area contributed by atoms with E-state index in [9.17, 15) is 0 Å². The summed E-state index contributed by atoms with van der Waals surface area (Å²) in [7, 11) is 3.53. The summed E-state index contributed by atoms with van der Waals surface area (Å²) in [6.45, 7) is 0.603. The third-order valence-electron chi connectivity index (χ3n) is 3.47. The zero-order valence-electron chi connectivity index (χ0n) is 12.6. The Morgan fingerprint density at radius 3 is 2.59 bits per heavy atom. The maximum atomic E-state index is 5.36. The highest BCUT2D eigenvalue weighted by atomic mass is 16.5. The van der Waals surface area contributed by atoms with E-state index in [1.54, 1.807) is 7.11 Å². The molecule has 0 aliphatic carbocycles. The van der Waals surface area contributed by atoms with Crippen LogP contribution in [-0.2, 0) is 6.54 Å². The summed E-state index contributed by atoms with van der Waals surface area (Å²) >= 11 is 0. The maximum absolute atomic E-state index is 5.36. The Hall–Kier alpha value is -2.82. The van der Waals surface area contributed by atoms with Crippen LogP contribution < -0.4 is 15.4 Å². The van der Waals surface area contributed by atoms with Crippen molar-refractivity contribution in [3.8, 4) is 5.75 Å². The lowest BCUT2D eigenvalue weighted by Gasteiger charge is -2.11. The molecule has 0 aliphatic rings. The lowest BCUT2D eigenvalue weighted by Crippen LogP contribution is -2.07. The molecule has 5 heteroatoms. The van der Waals surface area contributed by atoms with Crippen LogP contribution in [0.2, 0.25) is 0 Å². The van der Waals surface area contributed by atoms with Crippen molar-refractivity contribution in [1.29, 1.82) is 0 Å². The Morgan fingerprint density at radius 1 is 1.00 bits per heavy atom. The number of ether oxygens (including phenoxy) is 1. The highest BCUT2D eigenvalue weighted by molar-refractivity contribution is 5.89. The summed E-state index contributed by atoms with van der Waals surface area (Å²) < 4.78 is 5.36. The van der Waals surface area contributed by atoms with E-state index in [1.165, 1.54) is 0 Å². The second-order valence-electron chi connectivity index (χ2n) is 4.83. The van der Waals surface area contributed by atoms with Gasteiger partial charge in [0.25, 0.3) is 0 Å². The second-order valence-corrected chi connectivity index (χ2v) is 4.83. The molecule has 0 spiro atoms. The van der Waals surface area contributed by atoms with Crippen LogP contribution >= 0.6 is 0 Å². The third kappa shape index (κ3) is 2.79. The van der Waals surface area contributed by atoms with Crippen LogP contribution in [0.5, 0.6) is 5.75 Å². The fourth-order valence-corrected chi connectivity index (χ4v) is 2.37. The van der Waals surface area contributed by atoms with Crippen LogP contribution in [0.25, 0.3) is 10.9 Å². The minimum atomic E-state index is 0.592. The highest BCUT2D eigenvalue weighted by Gasteiger charge is 2.07. The molecule has 22 heavy (non-hydrogen) atoms. The van der Waals surface area contributed by atoms with E-state index in [-0.39, 0.29) is 0 Å². The predicted octanol–water partition coefficient (Wildman–Crippen LogP) is 3.29. The molecule has 0 atom stereocenters. The average Bonchev–Trinajstić information content (AvgIpc) is 2.59. The van der Waals surface area contributed by atoms with Gasteiger partial charge in [-0.05, 0) is 18.2 Å². The molecule has 0 fully saturated rings. The Labute approximate surface area is 129 Å². The Morgan fingerprint density at radius 2 is 1.77 bits per heavy atom. The molecule has 0 bridgehead atoms. The van der Waals surface area contributed by atoms with E-state index in [1.807, 2.05) is 55.6 Å². The maximum Gasteiger partial charge on any atom is 0.225 e. The van der Waals surface area contributed by atoms with Gasteiger partial charge in [-0.2, -0.15) is 4.98 Å². The van der Waals surface area contributed by atoms with Crippen molar-refractivity contribution < 1.29 is 4.74 Å². The fraction of sp³-hybridized carbons (Fsp3) is 0.176. The topological polar surface area (TPSA) is 59.1 Å². The number of nitrogens with zero attached hydrogens (tertiary/aromatic N) is 2. The van der Waals surface area contributed by atoms with Crippen LogP contribution in [-0.4, -0.2) is 24.1 Å². The molecule has 112 valence electrons. The van der Waals surface area contributed by atoms with Crippen molar-refractivity contribution in [2.75, 3.05) is 24.8 Å². The number of para-hydroxylation sites is 2. The van der Waals surface area contributed by atoms with Gasteiger partial charge in [0, 0.05) is 24.5 Å². The number of benzene rings is 2. The van der Waals surface area contributed by atoms with Gasteiger partial charge >= 0.3 is 0 Å². The highest BCUT2D eigenvalue weighted by Crippen LogP contribution is 2.22. The van der Waals surface area contributed by atoms with Gasteiger partial charge in [0.1, 0.15) is 11.6 Å². The quantitative estimate of drug-likeness (QED) is 0.756. The van der Waals surface area contributed by atoms with Crippen LogP contribution in [0.15, 0.2) is 48.5 Å². The average molecular weight is 294 g/mol. The predicted molar refractivity (Wildman–Crippen MR) is 89.4 cm³/mol. The monoisotopic (exact) mass is 294 g/mol. The zero-order chi connectivity index (χ0) is 15.4. The van der Waals surface area contributed by atoms with Gasteiger partial charge in [0.15, 0.2) is 0 Å². The molecule has 2 aromatic carbocycles. The number of anilines is 2. The summed E-state index contributed by atoms with van der Waals surface area (Å²) in [5, 5.41) is 7.38. The van der Waals surface area contributed by atoms with Crippen molar-refractivity contribution in [2.45, 2.75) is 6.54 Å². The number of nitrogens with one attached hydrogen (secondary N) is 2. The second kappa shape index (κ2) is 6.30. The van der Waals surface area contributed by atoms with Gasteiger partial charge in [-0.25, -0.2) is 4.98 Å². The molecule has 1 aromatic heterocycles. The SMILES string of the molecule is CNc1nc(NCc2ccccc2OC)nc2ccccc12. The first-order valence-corrected chi connectivity index (χ1v) is 7.12. The Bertz CT molecular complexity index is 788. The number of hydrogen-bond acceptors (Lipinski definition) is 5. The first-order valence-electron chi connectivity index (χ1n) is 7.12. The molecular weight excluding hydrogens is 276 g/mol. The smallest absolute Gasteiger partial charge is 0.225 e. The summed E-state index contributed by atoms with van der Waals surface area (Å²) in [5.41, 5.74) is 1.97. The number of rotatable bonds is 5. The molecular formula is C17H18N4O. The molecule has 0 saturated heterocycles. The normalized spacial score (nSPS) is 10.5. The lowest BCUT2D eigenvalue weighted by molar-refractivity contribution is 0.410. The zero-order valence-corrected chi connectivity index (χ0v) is 12.6. The molecule has 0 amide bonds. The number of fused-ring (bicyclic) bond motifs is 1. The minimum Gasteiger partial charge on any atom is -0.496 e. The molecule has 3 aromatic rings. The van der Waals surface area contributed by atoms with E-state index in [0.29, 0.717) is 12.5 Å². The van der Waals surface area contributed by atoms with Crippen molar-refractivity contribution in [3.63, 3.8) is 0 Å². The van der Waals surface area contributed by atoms with Gasteiger partial charge in [0.05, 0.1) is 12.6 Å². The third-order valence-corrected chi connectivity index (χ3v) is 3.47. The lowest BCUT2D eigenvalue weighted by atomic mass is 10.2. The number of aromatic nitrogens is 2.